The number of aromatic nitrogens is 6. The van der Waals surface area contributed by atoms with Crippen LogP contribution in [0.1, 0.15) is 33.9 Å². The lowest BCUT2D eigenvalue weighted by Gasteiger charge is -2.13. The average Bonchev–Trinajstić information content (AvgIpc) is 1.58. The fourth-order valence-electron chi connectivity index (χ4n) is 14.3. The molecule has 10 heterocycles. The fraction of sp³-hybridized carbons (Fsp3) is 0. The summed E-state index contributed by atoms with van der Waals surface area (Å²) in [6.07, 6.45) is 8.61. The zero-order chi connectivity index (χ0) is 63.5. The SMILES string of the molecule is C1=Cc2nc1c(-c1ccccc1)c1ccc([nH]1)c(-c1ccccc1)c1cc(c(-c3ccccc3)c3ccc([nH]3)c2-c2ccccc2)C(C2=Nc3cc2c(-c2ccccc2)c2ccc([nH]2)c(-c2ccccc2)c2nc(c(-c4ccccc4)c4ccc([nH]4)c3-c3ccccc3)C=C2)=N1. The van der Waals surface area contributed by atoms with Crippen LogP contribution >= 0.6 is 0 Å². The number of rotatable bonds is 9. The van der Waals surface area contributed by atoms with Crippen molar-refractivity contribution in [2.24, 2.45) is 9.98 Å². The maximum atomic E-state index is 6.13. The van der Waals surface area contributed by atoms with Crippen molar-refractivity contribution < 1.29 is 0 Å². The van der Waals surface area contributed by atoms with Crippen LogP contribution in [0.3, 0.4) is 0 Å². The molecule has 4 aliphatic rings. The number of hydrogen-bond donors (Lipinski definition) is 4. The number of hydrogen-bond acceptors (Lipinski definition) is 4. The van der Waals surface area contributed by atoms with Crippen molar-refractivity contribution in [2.75, 3.05) is 0 Å². The Hall–Kier alpha value is -13.0. The van der Waals surface area contributed by atoms with Gasteiger partial charge in [0.1, 0.15) is 0 Å². The van der Waals surface area contributed by atoms with Crippen molar-refractivity contribution in [1.29, 1.82) is 0 Å². The van der Waals surface area contributed by atoms with Crippen LogP contribution in [0.5, 0.6) is 0 Å². The van der Waals surface area contributed by atoms with Crippen LogP contribution in [0.25, 0.3) is 157 Å². The van der Waals surface area contributed by atoms with Crippen LogP contribution in [0.2, 0.25) is 0 Å². The number of aliphatic imine (C=N–C) groups is 2. The summed E-state index contributed by atoms with van der Waals surface area (Å²) in [5.74, 6) is 0. The molecule has 8 nitrogen and oxygen atoms in total. The molecule has 8 aromatic carbocycles. The first kappa shape index (κ1) is 55.8. The van der Waals surface area contributed by atoms with Crippen LogP contribution in [-0.2, 0) is 0 Å². The van der Waals surface area contributed by atoms with Gasteiger partial charge in [-0.15, -0.1) is 0 Å². The minimum absolute atomic E-state index is 0.707. The highest BCUT2D eigenvalue weighted by Crippen LogP contribution is 2.47. The Bertz CT molecular complexity index is 5520. The van der Waals surface area contributed by atoms with E-state index in [0.29, 0.717) is 11.4 Å². The van der Waals surface area contributed by atoms with Gasteiger partial charge in [0, 0.05) is 99.8 Å². The number of fused-ring (bicyclic) bond motifs is 16. The van der Waals surface area contributed by atoms with E-state index in [1.807, 2.05) is 0 Å². The van der Waals surface area contributed by atoms with Crippen LogP contribution in [0.15, 0.2) is 313 Å². The first-order valence-electron chi connectivity index (χ1n) is 32.4. The summed E-state index contributed by atoms with van der Waals surface area (Å²) in [6.45, 7) is 0. The molecule has 4 N–H and O–H groups in total. The lowest BCUT2D eigenvalue weighted by molar-refractivity contribution is 1.32. The molecule has 450 valence electrons. The van der Waals surface area contributed by atoms with Gasteiger partial charge in [0.15, 0.2) is 0 Å². The van der Waals surface area contributed by atoms with Crippen molar-refractivity contribution in [1.82, 2.24) is 29.9 Å². The van der Waals surface area contributed by atoms with E-state index in [4.69, 9.17) is 20.0 Å². The van der Waals surface area contributed by atoms with Crippen molar-refractivity contribution in [3.63, 3.8) is 0 Å². The van der Waals surface area contributed by atoms with Gasteiger partial charge in [-0.05, 0) is 129 Å². The Labute approximate surface area is 554 Å². The van der Waals surface area contributed by atoms with E-state index in [9.17, 15) is 0 Å². The van der Waals surface area contributed by atoms with Gasteiger partial charge in [-0.1, -0.05) is 243 Å². The molecule has 0 amide bonds. The summed E-state index contributed by atoms with van der Waals surface area (Å²) in [5.41, 5.74) is 31.3. The van der Waals surface area contributed by atoms with Gasteiger partial charge in [0.25, 0.3) is 0 Å². The molecule has 96 heavy (non-hydrogen) atoms. The molecule has 0 saturated carbocycles. The molecule has 4 aliphatic heterocycles. The Morgan fingerprint density at radius 3 is 0.604 bits per heavy atom. The minimum Gasteiger partial charge on any atom is -0.354 e. The first-order chi connectivity index (χ1) is 47.6. The van der Waals surface area contributed by atoms with Gasteiger partial charge >= 0.3 is 0 Å². The second-order valence-electron chi connectivity index (χ2n) is 24.3. The molecule has 0 radical (unpaired) electrons. The zero-order valence-electron chi connectivity index (χ0n) is 52.0. The Balaban J connectivity index is 1.03. The van der Waals surface area contributed by atoms with Crippen molar-refractivity contribution in [3.05, 3.63) is 337 Å². The molecule has 8 heteroatoms. The Morgan fingerprint density at radius 2 is 0.375 bits per heavy atom. The van der Waals surface area contributed by atoms with Gasteiger partial charge in [-0.3, -0.25) is 0 Å². The Morgan fingerprint density at radius 1 is 0.188 bits per heavy atom. The summed E-state index contributed by atoms with van der Waals surface area (Å²) in [5, 5.41) is 0. The molecule has 0 spiro atoms. The zero-order valence-corrected chi connectivity index (χ0v) is 52.0. The maximum absolute atomic E-state index is 6.13. The second-order valence-corrected chi connectivity index (χ2v) is 24.3. The summed E-state index contributed by atoms with van der Waals surface area (Å²) >= 11 is 0. The van der Waals surface area contributed by atoms with Crippen LogP contribution in [-0.4, -0.2) is 41.3 Å². The number of nitrogens with zero attached hydrogens (tertiary/aromatic N) is 4. The number of H-pyrrole nitrogens is 4. The molecule has 0 atom stereocenters. The average molecular weight is 1230 g/mol. The van der Waals surface area contributed by atoms with Crippen LogP contribution < -0.4 is 0 Å². The minimum atomic E-state index is 0.707. The predicted octanol–water partition coefficient (Wildman–Crippen LogP) is 22.8. The van der Waals surface area contributed by atoms with Gasteiger partial charge in [-0.2, -0.15) is 0 Å². The predicted molar refractivity (Wildman–Crippen MR) is 400 cm³/mol. The van der Waals surface area contributed by atoms with Crippen molar-refractivity contribution in [2.45, 2.75) is 0 Å². The molecule has 0 aliphatic carbocycles. The van der Waals surface area contributed by atoms with Crippen molar-refractivity contribution in [3.8, 4) is 89.0 Å². The van der Waals surface area contributed by atoms with Gasteiger partial charge < -0.3 is 19.9 Å². The maximum Gasteiger partial charge on any atom is 0.0980 e. The summed E-state index contributed by atoms with van der Waals surface area (Å²) in [7, 11) is 0. The molecular formula is C88H58N8. The van der Waals surface area contributed by atoms with Crippen LogP contribution in [0.4, 0.5) is 11.4 Å². The monoisotopic (exact) mass is 1230 g/mol. The van der Waals surface area contributed by atoms with Gasteiger partial charge in [0.2, 0.25) is 0 Å². The van der Waals surface area contributed by atoms with E-state index in [-0.39, 0.29) is 0 Å². The molecule has 16 bridgehead atoms. The largest absolute Gasteiger partial charge is 0.354 e. The van der Waals surface area contributed by atoms with Gasteiger partial charge in [-0.25, -0.2) is 20.0 Å². The van der Waals surface area contributed by atoms with E-state index >= 15 is 0 Å². The topological polar surface area (TPSA) is 114 Å². The third kappa shape index (κ3) is 9.87. The highest BCUT2D eigenvalue weighted by Gasteiger charge is 2.31. The molecular weight excluding hydrogens is 1170 g/mol. The van der Waals surface area contributed by atoms with E-state index < -0.39 is 0 Å². The molecule has 18 rings (SSSR count). The van der Waals surface area contributed by atoms with E-state index in [1.165, 1.54) is 0 Å². The van der Waals surface area contributed by atoms with E-state index in [1.54, 1.807) is 0 Å². The number of benzene rings is 8. The molecule has 0 unspecified atom stereocenters. The third-order valence-electron chi connectivity index (χ3n) is 18.5. The molecule has 0 fully saturated rings. The molecule has 6 aromatic heterocycles. The normalized spacial score (nSPS) is 12.4. The smallest absolute Gasteiger partial charge is 0.0980 e. The highest BCUT2D eigenvalue weighted by molar-refractivity contribution is 6.58. The van der Waals surface area contributed by atoms with Gasteiger partial charge in [0.05, 0.1) is 45.6 Å². The summed E-state index contributed by atoms with van der Waals surface area (Å²) in [4.78, 5) is 39.5. The molecule has 0 saturated heterocycles. The third-order valence-corrected chi connectivity index (χ3v) is 18.5. The van der Waals surface area contributed by atoms with E-state index in [2.05, 4.69) is 348 Å². The second kappa shape index (κ2) is 23.6. The van der Waals surface area contributed by atoms with E-state index in [0.717, 1.165) is 178 Å². The number of nitrogens with one attached hydrogen (secondary N) is 4. The number of aromatic amines is 4. The highest BCUT2D eigenvalue weighted by atomic mass is 14.9. The quantitative estimate of drug-likeness (QED) is 0.115. The standard InChI is InChI=1S/C88H58N8/c1-9-25-55(26-10-1)79-63-53-77(85(61-37-21-7-22-38-61)75-51-49-73(93-75)83(59-33-17-5-18-34-59)71-47-45-69(91-71)81(57-29-13-3-14-30-57)67-43-41-65(79)89-67)95-87(63)88-64-54-78(96-88)86(62-39-23-8-24-40-62)76-52-50-74(94-76)84(60-35-19-6-20-36-60)72-48-46-70(92-72)82(58-31-15-4-16-32-58)68-44-42-66(90-68)80(64)56-27-11-2-12-28-56/h1-54,89-90,93-94H. The fourth-order valence-corrected chi connectivity index (χ4v) is 14.3. The lowest BCUT2D eigenvalue weighted by Crippen LogP contribution is -2.15. The molecule has 14 aromatic rings. The Kier molecular flexibility index (Phi) is 13.7. The lowest BCUT2D eigenvalue weighted by atomic mass is 9.91. The summed E-state index contributed by atoms with van der Waals surface area (Å²) < 4.78 is 0. The van der Waals surface area contributed by atoms with Crippen LogP contribution in [0, 0.1) is 0 Å². The summed E-state index contributed by atoms with van der Waals surface area (Å²) in [6, 6.07) is 107. The first-order valence-corrected chi connectivity index (χ1v) is 32.4. The van der Waals surface area contributed by atoms with Crippen molar-refractivity contribution >= 4 is 91.2 Å².